The van der Waals surface area contributed by atoms with Gasteiger partial charge in [0.2, 0.25) is 0 Å². The first-order valence-corrected chi connectivity index (χ1v) is 9.33. The van der Waals surface area contributed by atoms with Gasteiger partial charge in [0.05, 0.1) is 13.1 Å². The minimum Gasteiger partial charge on any atom is -0.634 e. The summed E-state index contributed by atoms with van der Waals surface area (Å²) in [5.74, 6) is 0. The van der Waals surface area contributed by atoms with E-state index in [4.69, 9.17) is 0 Å². The van der Waals surface area contributed by atoms with Gasteiger partial charge in [-0.05, 0) is 19.3 Å². The smallest absolute Gasteiger partial charge is 0.0768 e. The predicted molar refractivity (Wildman–Crippen MR) is 90.0 cm³/mol. The second kappa shape index (κ2) is 17.0. The van der Waals surface area contributed by atoms with Crippen LogP contribution >= 0.6 is 0 Å². The third-order valence-corrected chi connectivity index (χ3v) is 4.09. The van der Waals surface area contributed by atoms with Crippen molar-refractivity contribution in [1.29, 1.82) is 0 Å². The number of rotatable bonds is 16. The largest absolute Gasteiger partial charge is 0.634 e. The van der Waals surface area contributed by atoms with Gasteiger partial charge in [-0.2, -0.15) is 0 Å². The van der Waals surface area contributed by atoms with E-state index in [0.29, 0.717) is 5.06 Å². The summed E-state index contributed by atoms with van der Waals surface area (Å²) in [4.78, 5) is 0. The van der Waals surface area contributed by atoms with Crippen LogP contribution in [0.25, 0.3) is 0 Å². The van der Waals surface area contributed by atoms with Crippen LogP contribution in [0.3, 0.4) is 0 Å². The van der Waals surface area contributed by atoms with E-state index in [2.05, 4.69) is 13.8 Å². The highest BCUT2D eigenvalue weighted by Crippen LogP contribution is 2.12. The van der Waals surface area contributed by atoms with Crippen LogP contribution in [-0.4, -0.2) is 13.1 Å². The van der Waals surface area contributed by atoms with Crippen LogP contribution in [0, 0.1) is 5.21 Å². The molecule has 1 N–H and O–H groups in total. The van der Waals surface area contributed by atoms with E-state index in [1.165, 1.54) is 77.0 Å². The SMILES string of the molecule is CCCCCCCCCCCCCCC[NH+]([O-])CCC. The fourth-order valence-electron chi connectivity index (χ4n) is 2.74. The molecule has 0 aliphatic carbocycles. The third kappa shape index (κ3) is 16.0. The minimum absolute atomic E-state index is 0.468. The first-order valence-electron chi connectivity index (χ1n) is 9.33. The fraction of sp³-hybridized carbons (Fsp3) is 1.00. The topological polar surface area (TPSA) is 27.5 Å². The van der Waals surface area contributed by atoms with Crippen molar-refractivity contribution < 1.29 is 5.06 Å². The van der Waals surface area contributed by atoms with Gasteiger partial charge in [-0.1, -0.05) is 84.5 Å². The summed E-state index contributed by atoms with van der Waals surface area (Å²) >= 11 is 0. The maximum atomic E-state index is 11.3. The number of nitrogens with one attached hydrogen (secondary N) is 1. The van der Waals surface area contributed by atoms with Crippen molar-refractivity contribution in [2.75, 3.05) is 13.1 Å². The zero-order valence-electron chi connectivity index (χ0n) is 14.2. The van der Waals surface area contributed by atoms with Crippen LogP contribution in [0.1, 0.15) is 104 Å². The fourth-order valence-corrected chi connectivity index (χ4v) is 2.74. The Bertz CT molecular complexity index is 173. The van der Waals surface area contributed by atoms with Crippen LogP contribution in [0.15, 0.2) is 0 Å². The summed E-state index contributed by atoms with van der Waals surface area (Å²) in [6, 6.07) is 0. The van der Waals surface area contributed by atoms with Gasteiger partial charge in [-0.3, -0.25) is 0 Å². The van der Waals surface area contributed by atoms with Crippen LogP contribution < -0.4 is 5.06 Å². The normalized spacial score (nSPS) is 12.8. The molecule has 0 amide bonds. The Hall–Kier alpha value is -0.0800. The summed E-state index contributed by atoms with van der Waals surface area (Å²) in [5.41, 5.74) is 0. The van der Waals surface area contributed by atoms with Crippen LogP contribution in [-0.2, 0) is 0 Å². The van der Waals surface area contributed by atoms with Gasteiger partial charge in [-0.15, -0.1) is 0 Å². The summed E-state index contributed by atoms with van der Waals surface area (Å²) in [5, 5.41) is 11.8. The second-order valence-electron chi connectivity index (χ2n) is 6.28. The van der Waals surface area contributed by atoms with Crippen LogP contribution in [0.4, 0.5) is 0 Å². The molecule has 0 heterocycles. The van der Waals surface area contributed by atoms with Gasteiger partial charge < -0.3 is 10.3 Å². The van der Waals surface area contributed by atoms with E-state index < -0.39 is 0 Å². The maximum absolute atomic E-state index is 11.3. The van der Waals surface area contributed by atoms with Gasteiger partial charge in [0.1, 0.15) is 0 Å². The zero-order valence-corrected chi connectivity index (χ0v) is 14.2. The molecule has 2 nitrogen and oxygen atoms in total. The molecule has 0 aliphatic rings. The summed E-state index contributed by atoms with van der Waals surface area (Å²) < 4.78 is 0. The Balaban J connectivity index is 2.99. The molecule has 0 saturated heterocycles. The molecule has 1 unspecified atom stereocenters. The van der Waals surface area contributed by atoms with Crippen molar-refractivity contribution in [1.82, 2.24) is 0 Å². The molecule has 2 heteroatoms. The van der Waals surface area contributed by atoms with Gasteiger partial charge in [0, 0.05) is 0 Å². The highest BCUT2D eigenvalue weighted by Gasteiger charge is 1.96. The number of hydrogen-bond donors (Lipinski definition) is 1. The third-order valence-electron chi connectivity index (χ3n) is 4.09. The average Bonchev–Trinajstić information content (AvgIpc) is 2.44. The number of hydrogen-bond acceptors (Lipinski definition) is 1. The number of hydroxylamine groups is 2. The van der Waals surface area contributed by atoms with E-state index in [1.807, 2.05) is 0 Å². The first-order chi connectivity index (χ1) is 9.81. The Morgan fingerprint density at radius 1 is 0.500 bits per heavy atom. The Morgan fingerprint density at radius 3 is 1.30 bits per heavy atom. The standard InChI is InChI=1S/C18H39NO/c1-3-5-6-7-8-9-10-11-12-13-14-15-16-18-19(20)17-4-2/h19H,3-18H2,1-2H3. The van der Waals surface area contributed by atoms with E-state index in [9.17, 15) is 5.21 Å². The van der Waals surface area contributed by atoms with Crippen molar-refractivity contribution in [2.24, 2.45) is 0 Å². The molecule has 0 aliphatic heterocycles. The molecule has 0 fully saturated rings. The lowest BCUT2D eigenvalue weighted by molar-refractivity contribution is -0.848. The van der Waals surface area contributed by atoms with Gasteiger partial charge in [-0.25, -0.2) is 0 Å². The van der Waals surface area contributed by atoms with Crippen molar-refractivity contribution in [3.05, 3.63) is 5.21 Å². The molecule has 1 atom stereocenters. The minimum atomic E-state index is 0.468. The van der Waals surface area contributed by atoms with E-state index in [-0.39, 0.29) is 0 Å². The van der Waals surface area contributed by atoms with Crippen LogP contribution in [0.2, 0.25) is 0 Å². The number of unbranched alkanes of at least 4 members (excludes halogenated alkanes) is 12. The summed E-state index contributed by atoms with van der Waals surface area (Å²) in [7, 11) is 0. The molecule has 0 aromatic heterocycles. The highest BCUT2D eigenvalue weighted by molar-refractivity contribution is 4.48. The lowest BCUT2D eigenvalue weighted by atomic mass is 10.0. The van der Waals surface area contributed by atoms with Crippen molar-refractivity contribution in [3.8, 4) is 0 Å². The summed E-state index contributed by atoms with van der Waals surface area (Å²) in [6.07, 6.45) is 18.9. The molecule has 0 aromatic rings. The quantitative estimate of drug-likeness (QED) is 0.318. The van der Waals surface area contributed by atoms with Gasteiger partial charge in [0.25, 0.3) is 0 Å². The summed E-state index contributed by atoms with van der Waals surface area (Å²) in [6.45, 7) is 5.98. The average molecular weight is 286 g/mol. The molecule has 0 aromatic carbocycles. The van der Waals surface area contributed by atoms with Gasteiger partial charge in [0.15, 0.2) is 0 Å². The lowest BCUT2D eigenvalue weighted by Crippen LogP contribution is -3.07. The zero-order chi connectivity index (χ0) is 14.9. The highest BCUT2D eigenvalue weighted by atomic mass is 16.5. The Kier molecular flexibility index (Phi) is 16.9. The Morgan fingerprint density at radius 2 is 0.900 bits per heavy atom. The molecule has 20 heavy (non-hydrogen) atoms. The van der Waals surface area contributed by atoms with E-state index in [0.717, 1.165) is 25.9 Å². The molecule has 0 saturated carbocycles. The van der Waals surface area contributed by atoms with Crippen molar-refractivity contribution in [2.45, 2.75) is 104 Å². The molecule has 0 spiro atoms. The Labute approximate surface area is 127 Å². The van der Waals surface area contributed by atoms with Gasteiger partial charge >= 0.3 is 0 Å². The molecule has 0 rings (SSSR count). The maximum Gasteiger partial charge on any atom is 0.0768 e. The molecular formula is C18H39NO. The molecule has 122 valence electrons. The molecule has 0 bridgehead atoms. The van der Waals surface area contributed by atoms with E-state index >= 15 is 0 Å². The first kappa shape index (κ1) is 19.9. The molecule has 0 radical (unpaired) electrons. The lowest BCUT2D eigenvalue weighted by Gasteiger charge is -2.21. The van der Waals surface area contributed by atoms with Crippen molar-refractivity contribution >= 4 is 0 Å². The van der Waals surface area contributed by atoms with Crippen molar-refractivity contribution in [3.63, 3.8) is 0 Å². The monoisotopic (exact) mass is 285 g/mol. The van der Waals surface area contributed by atoms with Crippen LogP contribution in [0.5, 0.6) is 0 Å². The van der Waals surface area contributed by atoms with E-state index in [1.54, 1.807) is 0 Å². The molecular weight excluding hydrogens is 246 g/mol. The number of quaternary nitrogens is 1. The predicted octanol–water partition coefficient (Wildman–Crippen LogP) is 4.87. The second-order valence-corrected chi connectivity index (χ2v) is 6.28.